The molecule has 5 nitrogen and oxygen atoms in total. The van der Waals surface area contributed by atoms with E-state index in [1.165, 1.54) is 0 Å². The number of hydrogen-bond donors (Lipinski definition) is 1. The van der Waals surface area contributed by atoms with E-state index in [4.69, 9.17) is 18.9 Å². The summed E-state index contributed by atoms with van der Waals surface area (Å²) >= 11 is 0. The van der Waals surface area contributed by atoms with E-state index in [9.17, 15) is 5.11 Å². The number of rotatable bonds is 5. The molecular formula is C22H26O5. The zero-order valence-electron chi connectivity index (χ0n) is 15.5. The topological polar surface area (TPSA) is 57.2 Å². The Morgan fingerprint density at radius 2 is 1.70 bits per heavy atom. The van der Waals surface area contributed by atoms with Crippen molar-refractivity contribution in [1.82, 2.24) is 0 Å². The molecule has 2 heterocycles. The number of fused-ring (bicyclic) bond motifs is 1. The quantitative estimate of drug-likeness (QED) is 0.876. The second-order valence-electron chi connectivity index (χ2n) is 7.13. The molecule has 2 aliphatic heterocycles. The Morgan fingerprint density at radius 3 is 2.41 bits per heavy atom. The number of benzene rings is 2. The van der Waals surface area contributed by atoms with Gasteiger partial charge in [0.1, 0.15) is 23.9 Å². The Balaban J connectivity index is 1.49. The van der Waals surface area contributed by atoms with Crippen molar-refractivity contribution < 1.29 is 24.1 Å². The molecule has 4 unspecified atom stereocenters. The zero-order valence-corrected chi connectivity index (χ0v) is 15.5. The van der Waals surface area contributed by atoms with Crippen molar-refractivity contribution in [3.05, 3.63) is 71.8 Å². The third kappa shape index (κ3) is 3.79. The average molecular weight is 370 g/mol. The molecule has 1 N–H and O–H groups in total. The molecule has 4 rings (SSSR count). The molecular weight excluding hydrogens is 344 g/mol. The highest BCUT2D eigenvalue weighted by Crippen LogP contribution is 2.39. The summed E-state index contributed by atoms with van der Waals surface area (Å²) in [4.78, 5) is 0. The van der Waals surface area contributed by atoms with E-state index in [1.54, 1.807) is 0 Å². The molecule has 2 aromatic carbocycles. The first-order chi connectivity index (χ1) is 13.2. The van der Waals surface area contributed by atoms with Crippen molar-refractivity contribution in [1.29, 1.82) is 0 Å². The van der Waals surface area contributed by atoms with Crippen LogP contribution in [-0.2, 0) is 25.6 Å². The van der Waals surface area contributed by atoms with E-state index in [2.05, 4.69) is 0 Å². The molecule has 0 radical (unpaired) electrons. The van der Waals surface area contributed by atoms with Crippen LogP contribution < -0.4 is 0 Å². The van der Waals surface area contributed by atoms with Gasteiger partial charge >= 0.3 is 0 Å². The van der Waals surface area contributed by atoms with Crippen LogP contribution in [0.3, 0.4) is 0 Å². The molecule has 5 atom stereocenters. The normalized spacial score (nSPS) is 33.4. The summed E-state index contributed by atoms with van der Waals surface area (Å²) in [5.74, 6) is 0. The fourth-order valence-electron chi connectivity index (χ4n) is 3.82. The molecule has 0 amide bonds. The van der Waals surface area contributed by atoms with Gasteiger partial charge in [-0.3, -0.25) is 0 Å². The van der Waals surface area contributed by atoms with E-state index in [0.29, 0.717) is 26.2 Å². The monoisotopic (exact) mass is 370 g/mol. The van der Waals surface area contributed by atoms with E-state index in [0.717, 1.165) is 11.1 Å². The molecule has 5 heteroatoms. The van der Waals surface area contributed by atoms with Crippen LogP contribution >= 0.6 is 0 Å². The summed E-state index contributed by atoms with van der Waals surface area (Å²) in [5, 5.41) is 11.5. The lowest BCUT2D eigenvalue weighted by molar-refractivity contribution is -0.346. The van der Waals surface area contributed by atoms with Crippen LogP contribution in [0.2, 0.25) is 0 Å². The van der Waals surface area contributed by atoms with Gasteiger partial charge < -0.3 is 24.1 Å². The van der Waals surface area contributed by atoms with Crippen molar-refractivity contribution in [2.75, 3.05) is 13.2 Å². The Bertz CT molecular complexity index is 722. The van der Waals surface area contributed by atoms with Crippen molar-refractivity contribution in [3.8, 4) is 0 Å². The van der Waals surface area contributed by atoms with Crippen LogP contribution in [-0.4, -0.2) is 42.2 Å². The predicted octanol–water partition coefficient (Wildman–Crippen LogP) is 3.23. The highest BCUT2D eigenvalue weighted by atomic mass is 16.7. The summed E-state index contributed by atoms with van der Waals surface area (Å²) in [7, 11) is 0. The molecule has 2 aromatic rings. The Morgan fingerprint density at radius 1 is 1.00 bits per heavy atom. The van der Waals surface area contributed by atoms with Gasteiger partial charge in [-0.1, -0.05) is 67.6 Å². The molecule has 0 bridgehead atoms. The number of aliphatic hydroxyl groups is 1. The summed E-state index contributed by atoms with van der Waals surface area (Å²) in [6, 6.07) is 19.7. The van der Waals surface area contributed by atoms with E-state index in [1.807, 2.05) is 67.6 Å². The zero-order chi connectivity index (χ0) is 18.7. The molecule has 0 aromatic heterocycles. The van der Waals surface area contributed by atoms with Crippen LogP contribution in [0.4, 0.5) is 0 Å². The van der Waals surface area contributed by atoms with Crippen molar-refractivity contribution in [2.45, 2.75) is 50.2 Å². The molecule has 0 aliphatic carbocycles. The van der Waals surface area contributed by atoms with Gasteiger partial charge in [0.25, 0.3) is 0 Å². The molecule has 2 saturated heterocycles. The largest absolute Gasteiger partial charge is 0.384 e. The number of ether oxygens (including phenoxy) is 4. The minimum atomic E-state index is -1.13. The van der Waals surface area contributed by atoms with Crippen LogP contribution in [0.15, 0.2) is 60.7 Å². The second kappa shape index (κ2) is 8.09. The highest BCUT2D eigenvalue weighted by molar-refractivity contribution is 5.17. The van der Waals surface area contributed by atoms with E-state index >= 15 is 0 Å². The minimum absolute atomic E-state index is 0.300. The molecule has 27 heavy (non-hydrogen) atoms. The molecule has 0 spiro atoms. The molecule has 0 saturated carbocycles. The predicted molar refractivity (Wildman–Crippen MR) is 100 cm³/mol. The van der Waals surface area contributed by atoms with Crippen LogP contribution in [0.25, 0.3) is 0 Å². The summed E-state index contributed by atoms with van der Waals surface area (Å²) < 4.78 is 24.0. The second-order valence-corrected chi connectivity index (χ2v) is 7.13. The average Bonchev–Trinajstić information content (AvgIpc) is 2.74. The summed E-state index contributed by atoms with van der Waals surface area (Å²) in [6.07, 6.45) is -1.26. The first kappa shape index (κ1) is 18.6. The van der Waals surface area contributed by atoms with Crippen LogP contribution in [0.1, 0.15) is 30.8 Å². The minimum Gasteiger partial charge on any atom is -0.384 e. The lowest BCUT2D eigenvalue weighted by Crippen LogP contribution is -2.66. The smallest absolute Gasteiger partial charge is 0.184 e. The Kier molecular flexibility index (Phi) is 5.57. The van der Waals surface area contributed by atoms with Crippen LogP contribution in [0, 0.1) is 0 Å². The Labute approximate surface area is 159 Å². The fraction of sp³-hybridized carbons (Fsp3) is 0.455. The molecule has 2 aliphatic rings. The molecule has 2 fully saturated rings. The standard InChI is InChI=1S/C22H26O5/c1-2-22(23)19(25-13-16-9-5-3-6-10-16)15-24-18-14-26-21(27-20(18)22)17-11-7-4-8-12-17/h3-12,18-21,23H,2,13-15H2,1H3/t18?,19?,20?,21?,22-/m1/s1. The van der Waals surface area contributed by atoms with E-state index in [-0.39, 0.29) is 6.10 Å². The van der Waals surface area contributed by atoms with Gasteiger partial charge in [-0.2, -0.15) is 0 Å². The van der Waals surface area contributed by atoms with Crippen molar-refractivity contribution in [2.24, 2.45) is 0 Å². The van der Waals surface area contributed by atoms with Gasteiger partial charge in [-0.05, 0) is 12.0 Å². The van der Waals surface area contributed by atoms with Crippen molar-refractivity contribution in [3.63, 3.8) is 0 Å². The van der Waals surface area contributed by atoms with Crippen LogP contribution in [0.5, 0.6) is 0 Å². The van der Waals surface area contributed by atoms with Gasteiger partial charge in [-0.15, -0.1) is 0 Å². The first-order valence-electron chi connectivity index (χ1n) is 9.52. The summed E-state index contributed by atoms with van der Waals surface area (Å²) in [5.41, 5.74) is 0.865. The third-order valence-corrected chi connectivity index (χ3v) is 5.46. The van der Waals surface area contributed by atoms with Gasteiger partial charge in [0, 0.05) is 5.56 Å². The SMILES string of the molecule is CC[C@@]1(O)C(OCc2ccccc2)COC2COC(c3ccccc3)OC21. The highest BCUT2D eigenvalue weighted by Gasteiger charge is 2.54. The maximum atomic E-state index is 11.5. The maximum Gasteiger partial charge on any atom is 0.184 e. The van der Waals surface area contributed by atoms with Crippen molar-refractivity contribution >= 4 is 0 Å². The summed E-state index contributed by atoms with van der Waals surface area (Å²) in [6.45, 7) is 3.09. The first-order valence-corrected chi connectivity index (χ1v) is 9.52. The third-order valence-electron chi connectivity index (χ3n) is 5.46. The van der Waals surface area contributed by atoms with Gasteiger partial charge in [-0.25, -0.2) is 0 Å². The number of hydrogen-bond acceptors (Lipinski definition) is 5. The molecule has 144 valence electrons. The lowest BCUT2D eigenvalue weighted by Gasteiger charge is -2.51. The Hall–Kier alpha value is -1.76. The van der Waals surface area contributed by atoms with Gasteiger partial charge in [0.15, 0.2) is 6.29 Å². The van der Waals surface area contributed by atoms with E-state index < -0.39 is 24.1 Å². The fourth-order valence-corrected chi connectivity index (χ4v) is 3.82. The lowest BCUT2D eigenvalue weighted by atomic mass is 9.82. The maximum absolute atomic E-state index is 11.5. The van der Waals surface area contributed by atoms with Gasteiger partial charge in [0.05, 0.1) is 19.8 Å². The van der Waals surface area contributed by atoms with Gasteiger partial charge in [0.2, 0.25) is 0 Å².